The lowest BCUT2D eigenvalue weighted by atomic mass is 10.1. The van der Waals surface area contributed by atoms with E-state index in [1.807, 2.05) is 19.1 Å². The molecule has 3 aromatic carbocycles. The summed E-state index contributed by atoms with van der Waals surface area (Å²) in [5, 5.41) is 2.35. The monoisotopic (exact) mass is 512 g/mol. The number of carbonyl (C=O) groups is 1. The molecule has 0 bridgehead atoms. The van der Waals surface area contributed by atoms with Crippen LogP contribution in [0.3, 0.4) is 0 Å². The highest BCUT2D eigenvalue weighted by Crippen LogP contribution is 2.35. The summed E-state index contributed by atoms with van der Waals surface area (Å²) in [5.74, 6) is -0.512. The molecule has 0 radical (unpaired) electrons. The number of rotatable bonds is 8. The zero-order chi connectivity index (χ0) is 25.0. The number of nitrogens with one attached hydrogen (secondary N) is 1. The predicted molar refractivity (Wildman–Crippen MR) is 131 cm³/mol. The van der Waals surface area contributed by atoms with E-state index in [1.165, 1.54) is 7.11 Å². The number of nitrogens with zero attached hydrogens (tertiary/aromatic N) is 1. The number of carbonyl (C=O) groups excluding carboxylic acids is 1. The minimum Gasteiger partial charge on any atom is -0.495 e. The Morgan fingerprint density at radius 2 is 1.74 bits per heavy atom. The van der Waals surface area contributed by atoms with Gasteiger partial charge in [-0.3, -0.25) is 4.79 Å². The van der Waals surface area contributed by atoms with Crippen LogP contribution in [0.4, 0.5) is 10.1 Å². The zero-order valence-corrected chi connectivity index (χ0v) is 20.5. The van der Waals surface area contributed by atoms with Gasteiger partial charge in [0.15, 0.2) is 0 Å². The summed E-state index contributed by atoms with van der Waals surface area (Å²) < 4.78 is 51.0. The van der Waals surface area contributed by atoms with Crippen LogP contribution in [0.2, 0.25) is 0 Å². The molecule has 0 saturated heterocycles. The first-order chi connectivity index (χ1) is 16.8. The van der Waals surface area contributed by atoms with Crippen LogP contribution in [0.1, 0.15) is 5.56 Å². The van der Waals surface area contributed by atoms with Crippen LogP contribution in [-0.2, 0) is 14.6 Å². The quantitative estimate of drug-likeness (QED) is 0.251. The van der Waals surface area contributed by atoms with Gasteiger partial charge in [0.2, 0.25) is 31.8 Å². The van der Waals surface area contributed by atoms with E-state index in [9.17, 15) is 17.6 Å². The van der Waals surface area contributed by atoms with E-state index in [-0.39, 0.29) is 26.7 Å². The molecule has 0 aliphatic carbocycles. The summed E-state index contributed by atoms with van der Waals surface area (Å²) in [6.07, 6.45) is 0. The third-order valence-corrected chi connectivity index (χ3v) is 7.71. The fourth-order valence-electron chi connectivity index (χ4n) is 3.16. The largest absolute Gasteiger partial charge is 0.495 e. The molecule has 0 fully saturated rings. The molecule has 35 heavy (non-hydrogen) atoms. The molecule has 0 unspecified atom stereocenters. The number of amides is 1. The summed E-state index contributed by atoms with van der Waals surface area (Å²) >= 11 is 0.896. The van der Waals surface area contributed by atoms with Gasteiger partial charge in [0, 0.05) is 5.56 Å². The molecule has 0 saturated carbocycles. The summed E-state index contributed by atoms with van der Waals surface area (Å²) in [6.45, 7) is 1.92. The fraction of sp³-hybridized carbons (Fsp3) is 0.120. The number of benzene rings is 3. The minimum absolute atomic E-state index is 0.0416. The van der Waals surface area contributed by atoms with Gasteiger partial charge in [-0.05, 0) is 55.5 Å². The Kier molecular flexibility index (Phi) is 7.23. The van der Waals surface area contributed by atoms with Gasteiger partial charge in [-0.15, -0.1) is 0 Å². The van der Waals surface area contributed by atoms with Crippen molar-refractivity contribution in [3.8, 4) is 17.2 Å². The Morgan fingerprint density at radius 1 is 1.06 bits per heavy atom. The SMILES string of the molecule is COc1ccccc1NC(=O)CSc1oc(-c2ccc(C)cc2)nc1S(=O)(=O)c1ccc(F)cc1. The second kappa shape index (κ2) is 10.3. The first kappa shape index (κ1) is 24.5. The van der Waals surface area contributed by atoms with Crippen molar-refractivity contribution in [3.63, 3.8) is 0 Å². The van der Waals surface area contributed by atoms with Crippen molar-refractivity contribution in [2.24, 2.45) is 0 Å². The number of halogens is 1. The Bertz CT molecular complexity index is 1450. The number of sulfone groups is 1. The average molecular weight is 513 g/mol. The van der Waals surface area contributed by atoms with Gasteiger partial charge in [-0.1, -0.05) is 41.6 Å². The molecule has 0 atom stereocenters. The van der Waals surface area contributed by atoms with Gasteiger partial charge < -0.3 is 14.5 Å². The molecule has 4 rings (SSSR count). The zero-order valence-electron chi connectivity index (χ0n) is 18.8. The highest BCUT2D eigenvalue weighted by molar-refractivity contribution is 8.00. The van der Waals surface area contributed by atoms with Gasteiger partial charge in [-0.25, -0.2) is 12.8 Å². The number of aromatic nitrogens is 1. The first-order valence-corrected chi connectivity index (χ1v) is 12.9. The molecule has 180 valence electrons. The minimum atomic E-state index is -4.14. The van der Waals surface area contributed by atoms with Gasteiger partial charge in [0.25, 0.3) is 0 Å². The number of oxazole rings is 1. The van der Waals surface area contributed by atoms with Gasteiger partial charge in [0.05, 0.1) is 23.4 Å². The van der Waals surface area contributed by atoms with Gasteiger partial charge in [-0.2, -0.15) is 4.98 Å². The lowest BCUT2D eigenvalue weighted by Gasteiger charge is -2.09. The van der Waals surface area contributed by atoms with Crippen LogP contribution >= 0.6 is 11.8 Å². The average Bonchev–Trinajstić information content (AvgIpc) is 3.29. The van der Waals surface area contributed by atoms with E-state index in [0.717, 1.165) is 41.6 Å². The van der Waals surface area contributed by atoms with Crippen LogP contribution in [0.15, 0.2) is 92.2 Å². The topological polar surface area (TPSA) is 98.5 Å². The lowest BCUT2D eigenvalue weighted by molar-refractivity contribution is -0.113. The Balaban J connectivity index is 1.65. The second-order valence-corrected chi connectivity index (χ2v) is 10.3. The molecule has 0 spiro atoms. The molecule has 0 aliphatic heterocycles. The van der Waals surface area contributed by atoms with Gasteiger partial charge in [0.1, 0.15) is 11.6 Å². The number of hydrogen-bond donors (Lipinski definition) is 1. The first-order valence-electron chi connectivity index (χ1n) is 10.4. The van der Waals surface area contributed by atoms with E-state index in [0.29, 0.717) is 17.0 Å². The molecule has 7 nitrogen and oxygen atoms in total. The van der Waals surface area contributed by atoms with Crippen LogP contribution < -0.4 is 10.1 Å². The van der Waals surface area contributed by atoms with E-state index in [1.54, 1.807) is 36.4 Å². The van der Waals surface area contributed by atoms with E-state index >= 15 is 0 Å². The summed E-state index contributed by atoms with van der Waals surface area (Å²) in [6, 6.07) is 18.6. The Morgan fingerprint density at radius 3 is 2.43 bits per heavy atom. The summed E-state index contributed by atoms with van der Waals surface area (Å²) in [7, 11) is -2.65. The maximum absolute atomic E-state index is 13.4. The highest BCUT2D eigenvalue weighted by atomic mass is 32.2. The second-order valence-electron chi connectivity index (χ2n) is 7.47. The highest BCUT2D eigenvalue weighted by Gasteiger charge is 2.29. The third-order valence-electron chi connectivity index (χ3n) is 4.96. The molecule has 10 heteroatoms. The van der Waals surface area contributed by atoms with E-state index < -0.39 is 21.6 Å². The van der Waals surface area contributed by atoms with Crippen molar-refractivity contribution in [1.29, 1.82) is 0 Å². The summed E-state index contributed by atoms with van der Waals surface area (Å²) in [5.41, 5.74) is 2.08. The lowest BCUT2D eigenvalue weighted by Crippen LogP contribution is -2.15. The van der Waals surface area contributed by atoms with E-state index in [4.69, 9.17) is 9.15 Å². The maximum atomic E-state index is 13.4. The number of ether oxygens (including phenoxy) is 1. The van der Waals surface area contributed by atoms with Crippen LogP contribution in [0, 0.1) is 12.7 Å². The van der Waals surface area contributed by atoms with Crippen molar-refractivity contribution in [3.05, 3.63) is 84.2 Å². The molecule has 0 aliphatic rings. The predicted octanol–water partition coefficient (Wildman–Crippen LogP) is 5.36. The number of para-hydroxylation sites is 2. The normalized spacial score (nSPS) is 11.3. The fourth-order valence-corrected chi connectivity index (χ4v) is 5.49. The Labute approximate surface area is 206 Å². The molecular weight excluding hydrogens is 491 g/mol. The van der Waals surface area contributed by atoms with Crippen molar-refractivity contribution >= 4 is 33.2 Å². The Hall–Kier alpha value is -3.63. The standard InChI is InChI=1S/C25H21FN2O5S2/c1-16-7-9-17(10-8-16)23-28-24(35(30,31)19-13-11-18(26)12-14-19)25(33-23)34-15-22(29)27-20-5-3-4-6-21(20)32-2/h3-14H,15H2,1-2H3,(H,27,29). The molecular formula is C25H21FN2O5S2. The molecule has 1 N–H and O–H groups in total. The van der Waals surface area contributed by atoms with Crippen LogP contribution in [-0.4, -0.2) is 32.2 Å². The molecule has 1 aromatic heterocycles. The van der Waals surface area contributed by atoms with Crippen molar-refractivity contribution in [1.82, 2.24) is 4.98 Å². The number of methoxy groups -OCH3 is 1. The maximum Gasteiger partial charge on any atom is 0.234 e. The van der Waals surface area contributed by atoms with Crippen LogP contribution in [0.25, 0.3) is 11.5 Å². The summed E-state index contributed by atoms with van der Waals surface area (Å²) in [4.78, 5) is 16.7. The third kappa shape index (κ3) is 5.55. The number of anilines is 1. The van der Waals surface area contributed by atoms with Crippen molar-refractivity contribution < 1.29 is 26.8 Å². The molecule has 1 amide bonds. The van der Waals surface area contributed by atoms with E-state index in [2.05, 4.69) is 10.3 Å². The van der Waals surface area contributed by atoms with Gasteiger partial charge >= 0.3 is 0 Å². The number of thioether (sulfide) groups is 1. The smallest absolute Gasteiger partial charge is 0.234 e. The van der Waals surface area contributed by atoms with Crippen molar-refractivity contribution in [2.45, 2.75) is 21.9 Å². The number of hydrogen-bond acceptors (Lipinski definition) is 7. The number of aryl methyl sites for hydroxylation is 1. The van der Waals surface area contributed by atoms with Crippen molar-refractivity contribution in [2.75, 3.05) is 18.2 Å². The molecule has 1 heterocycles. The van der Waals surface area contributed by atoms with Crippen LogP contribution in [0.5, 0.6) is 5.75 Å². The molecule has 4 aromatic rings.